The van der Waals surface area contributed by atoms with Crippen molar-refractivity contribution in [3.8, 4) is 5.75 Å². The zero-order valence-electron chi connectivity index (χ0n) is 10.0. The summed E-state index contributed by atoms with van der Waals surface area (Å²) in [6.07, 6.45) is 0.911. The van der Waals surface area contributed by atoms with Gasteiger partial charge in [0.05, 0.1) is 12.8 Å². The Morgan fingerprint density at radius 2 is 2.19 bits per heavy atom. The highest BCUT2D eigenvalue weighted by Gasteiger charge is 2.07. The summed E-state index contributed by atoms with van der Waals surface area (Å²) in [6, 6.07) is 3.95. The predicted molar refractivity (Wildman–Crippen MR) is 69.5 cm³/mol. The summed E-state index contributed by atoms with van der Waals surface area (Å²) >= 11 is 6.00. The first-order valence-corrected chi connectivity index (χ1v) is 5.76. The minimum atomic E-state index is 0.193. The van der Waals surface area contributed by atoms with Crippen molar-refractivity contribution in [3.63, 3.8) is 0 Å². The van der Waals surface area contributed by atoms with Crippen LogP contribution >= 0.6 is 11.6 Å². The minimum Gasteiger partial charge on any atom is -0.494 e. The standard InChI is InChI=1S/C12H19ClN2O/c1-8-6-10(13)7-11(12(8)16-3)15-5-4-9(2)14/h6-7,9,15H,4-5,14H2,1-3H3. The van der Waals surface area contributed by atoms with Crippen LogP contribution in [0, 0.1) is 6.92 Å². The van der Waals surface area contributed by atoms with E-state index in [2.05, 4.69) is 5.32 Å². The van der Waals surface area contributed by atoms with Crippen LogP contribution in [0.15, 0.2) is 12.1 Å². The van der Waals surface area contributed by atoms with Crippen LogP contribution in [0.25, 0.3) is 0 Å². The number of ether oxygens (including phenoxy) is 1. The van der Waals surface area contributed by atoms with Crippen LogP contribution in [0.4, 0.5) is 5.69 Å². The van der Waals surface area contributed by atoms with Gasteiger partial charge in [0.2, 0.25) is 0 Å². The molecular formula is C12H19ClN2O. The third-order valence-corrected chi connectivity index (χ3v) is 2.58. The smallest absolute Gasteiger partial charge is 0.144 e. The first-order valence-electron chi connectivity index (χ1n) is 5.38. The van der Waals surface area contributed by atoms with E-state index in [0.717, 1.165) is 30.0 Å². The highest BCUT2D eigenvalue weighted by molar-refractivity contribution is 6.31. The maximum Gasteiger partial charge on any atom is 0.144 e. The molecule has 0 aliphatic rings. The second-order valence-corrected chi connectivity index (χ2v) is 4.43. The van der Waals surface area contributed by atoms with Gasteiger partial charge in [-0.3, -0.25) is 0 Å². The average molecular weight is 243 g/mol. The highest BCUT2D eigenvalue weighted by atomic mass is 35.5. The minimum absolute atomic E-state index is 0.193. The molecule has 0 fully saturated rings. The molecule has 0 spiro atoms. The molecular weight excluding hydrogens is 224 g/mol. The molecule has 3 nitrogen and oxygen atoms in total. The topological polar surface area (TPSA) is 47.3 Å². The van der Waals surface area contributed by atoms with Crippen molar-refractivity contribution in [2.75, 3.05) is 19.0 Å². The van der Waals surface area contributed by atoms with E-state index in [1.165, 1.54) is 0 Å². The molecule has 1 aromatic carbocycles. The van der Waals surface area contributed by atoms with Gasteiger partial charge in [0.1, 0.15) is 5.75 Å². The van der Waals surface area contributed by atoms with E-state index < -0.39 is 0 Å². The number of nitrogens with two attached hydrogens (primary N) is 1. The third kappa shape index (κ3) is 3.58. The van der Waals surface area contributed by atoms with Gasteiger partial charge in [-0.15, -0.1) is 0 Å². The highest BCUT2D eigenvalue weighted by Crippen LogP contribution is 2.31. The summed E-state index contributed by atoms with van der Waals surface area (Å²) in [5, 5.41) is 4.00. The number of hydrogen-bond donors (Lipinski definition) is 2. The molecule has 0 saturated heterocycles. The van der Waals surface area contributed by atoms with Crippen molar-refractivity contribution in [1.29, 1.82) is 0 Å². The van der Waals surface area contributed by atoms with E-state index in [0.29, 0.717) is 5.02 Å². The fourth-order valence-electron chi connectivity index (χ4n) is 1.57. The molecule has 0 radical (unpaired) electrons. The van der Waals surface area contributed by atoms with E-state index in [1.54, 1.807) is 7.11 Å². The lowest BCUT2D eigenvalue weighted by atomic mass is 10.2. The van der Waals surface area contributed by atoms with Crippen molar-refractivity contribution in [2.24, 2.45) is 5.73 Å². The monoisotopic (exact) mass is 242 g/mol. The molecule has 4 heteroatoms. The van der Waals surface area contributed by atoms with Crippen LogP contribution in [0.2, 0.25) is 5.02 Å². The summed E-state index contributed by atoms with van der Waals surface area (Å²) in [5.41, 5.74) is 7.64. The summed E-state index contributed by atoms with van der Waals surface area (Å²) in [5.74, 6) is 0.842. The molecule has 1 atom stereocenters. The SMILES string of the molecule is COc1c(C)cc(Cl)cc1NCCC(C)N. The molecule has 0 aliphatic carbocycles. The molecule has 0 amide bonds. The van der Waals surface area contributed by atoms with Gasteiger partial charge in [-0.25, -0.2) is 0 Å². The normalized spacial score (nSPS) is 12.3. The molecule has 1 rings (SSSR count). The van der Waals surface area contributed by atoms with Gasteiger partial charge in [-0.2, -0.15) is 0 Å². The maximum absolute atomic E-state index is 6.00. The van der Waals surface area contributed by atoms with E-state index in [-0.39, 0.29) is 6.04 Å². The summed E-state index contributed by atoms with van der Waals surface area (Å²) in [7, 11) is 1.66. The molecule has 90 valence electrons. The Kier molecular flexibility index (Phi) is 4.90. The summed E-state index contributed by atoms with van der Waals surface area (Å²) < 4.78 is 5.34. The first-order chi connectivity index (χ1) is 7.54. The second kappa shape index (κ2) is 5.97. The van der Waals surface area contributed by atoms with Gasteiger partial charge >= 0.3 is 0 Å². The Balaban J connectivity index is 2.77. The van der Waals surface area contributed by atoms with Crippen molar-refractivity contribution in [1.82, 2.24) is 0 Å². The predicted octanol–water partition coefficient (Wildman–Crippen LogP) is 2.81. The number of aryl methyl sites for hydroxylation is 1. The molecule has 0 aliphatic heterocycles. The molecule has 16 heavy (non-hydrogen) atoms. The zero-order chi connectivity index (χ0) is 12.1. The molecule has 0 aromatic heterocycles. The number of methoxy groups -OCH3 is 1. The molecule has 0 saturated carbocycles. The fraction of sp³-hybridized carbons (Fsp3) is 0.500. The Morgan fingerprint density at radius 1 is 1.50 bits per heavy atom. The number of hydrogen-bond acceptors (Lipinski definition) is 3. The van der Waals surface area contributed by atoms with E-state index >= 15 is 0 Å². The average Bonchev–Trinajstić information content (AvgIpc) is 2.16. The Bertz CT molecular complexity index is 353. The Hall–Kier alpha value is -0.930. The fourth-order valence-corrected chi connectivity index (χ4v) is 1.84. The van der Waals surface area contributed by atoms with Crippen molar-refractivity contribution < 1.29 is 4.74 Å². The lowest BCUT2D eigenvalue weighted by Gasteiger charge is -2.14. The lowest BCUT2D eigenvalue weighted by Crippen LogP contribution is -2.19. The number of anilines is 1. The van der Waals surface area contributed by atoms with Gasteiger partial charge < -0.3 is 15.8 Å². The van der Waals surface area contributed by atoms with Crippen molar-refractivity contribution in [3.05, 3.63) is 22.7 Å². The van der Waals surface area contributed by atoms with Crippen molar-refractivity contribution in [2.45, 2.75) is 26.3 Å². The second-order valence-electron chi connectivity index (χ2n) is 4.00. The number of rotatable bonds is 5. The summed E-state index contributed by atoms with van der Waals surface area (Å²) in [4.78, 5) is 0. The zero-order valence-corrected chi connectivity index (χ0v) is 10.8. The maximum atomic E-state index is 6.00. The van der Waals surface area contributed by atoms with E-state index in [1.807, 2.05) is 26.0 Å². The molecule has 0 bridgehead atoms. The quantitative estimate of drug-likeness (QED) is 0.835. The van der Waals surface area contributed by atoms with Crippen LogP contribution in [0.1, 0.15) is 18.9 Å². The summed E-state index contributed by atoms with van der Waals surface area (Å²) in [6.45, 7) is 4.78. The molecule has 1 aromatic rings. The number of halogens is 1. The van der Waals surface area contributed by atoms with Crippen molar-refractivity contribution >= 4 is 17.3 Å². The van der Waals surface area contributed by atoms with Crippen LogP contribution in [0.5, 0.6) is 5.75 Å². The largest absolute Gasteiger partial charge is 0.494 e. The van der Waals surface area contributed by atoms with Gasteiger partial charge in [0.15, 0.2) is 0 Å². The van der Waals surface area contributed by atoms with Crippen LogP contribution in [-0.2, 0) is 0 Å². The molecule has 3 N–H and O–H groups in total. The van der Waals surface area contributed by atoms with Gasteiger partial charge in [0.25, 0.3) is 0 Å². The van der Waals surface area contributed by atoms with Crippen LogP contribution in [0.3, 0.4) is 0 Å². The van der Waals surface area contributed by atoms with E-state index in [9.17, 15) is 0 Å². The molecule has 1 unspecified atom stereocenters. The molecule has 0 heterocycles. The number of nitrogens with one attached hydrogen (secondary N) is 1. The number of benzene rings is 1. The first kappa shape index (κ1) is 13.1. The Labute approximate surface area is 102 Å². The van der Waals surface area contributed by atoms with E-state index in [4.69, 9.17) is 22.1 Å². The van der Waals surface area contributed by atoms with Crippen LogP contribution in [-0.4, -0.2) is 19.7 Å². The lowest BCUT2D eigenvalue weighted by molar-refractivity contribution is 0.413. The van der Waals surface area contributed by atoms with Crippen LogP contribution < -0.4 is 15.8 Å². The van der Waals surface area contributed by atoms with Gasteiger partial charge in [0, 0.05) is 17.6 Å². The Morgan fingerprint density at radius 3 is 2.75 bits per heavy atom. The third-order valence-electron chi connectivity index (χ3n) is 2.36. The van der Waals surface area contributed by atoms with Gasteiger partial charge in [-0.1, -0.05) is 11.6 Å². The van der Waals surface area contributed by atoms with Gasteiger partial charge in [-0.05, 0) is 38.0 Å².